The number of nitrogens with two attached hydrogens (primary N) is 1. The molecule has 11 nitrogen and oxygen atoms in total. The zero-order chi connectivity index (χ0) is 22.2. The van der Waals surface area contributed by atoms with Gasteiger partial charge in [-0.2, -0.15) is 10.1 Å². The molecule has 1 aliphatic heterocycles. The Kier molecular flexibility index (Phi) is 4.77. The van der Waals surface area contributed by atoms with Gasteiger partial charge in [0, 0.05) is 13.1 Å². The summed E-state index contributed by atoms with van der Waals surface area (Å²) in [4.78, 5) is 39.3. The topological polar surface area (TPSA) is 145 Å². The van der Waals surface area contributed by atoms with Gasteiger partial charge < -0.3 is 15.1 Å². The van der Waals surface area contributed by atoms with Gasteiger partial charge in [-0.3, -0.25) is 14.9 Å². The van der Waals surface area contributed by atoms with Crippen LogP contribution in [0.2, 0.25) is 0 Å². The van der Waals surface area contributed by atoms with E-state index in [1.54, 1.807) is 21.7 Å². The zero-order valence-electron chi connectivity index (χ0n) is 17.1. The summed E-state index contributed by atoms with van der Waals surface area (Å²) in [5.41, 5.74) is 7.82. The number of oxazole rings is 1. The third-order valence-electron chi connectivity index (χ3n) is 5.54. The van der Waals surface area contributed by atoms with E-state index in [9.17, 15) is 9.59 Å². The van der Waals surface area contributed by atoms with Crippen molar-refractivity contribution in [1.82, 2.24) is 29.6 Å². The highest BCUT2D eigenvalue weighted by Crippen LogP contribution is 2.30. The van der Waals surface area contributed by atoms with E-state index >= 15 is 0 Å². The van der Waals surface area contributed by atoms with Gasteiger partial charge in [-0.05, 0) is 31.1 Å². The summed E-state index contributed by atoms with van der Waals surface area (Å²) in [6.07, 6.45) is 3.97. The van der Waals surface area contributed by atoms with Crippen LogP contribution in [0.3, 0.4) is 0 Å². The molecular formula is C21H20N8O3. The lowest BCUT2D eigenvalue weighted by Gasteiger charge is -2.31. The zero-order valence-corrected chi connectivity index (χ0v) is 17.1. The molecule has 5 rings (SSSR count). The second-order valence-electron chi connectivity index (χ2n) is 7.45. The van der Waals surface area contributed by atoms with Crippen LogP contribution in [0.1, 0.15) is 29.4 Å². The van der Waals surface area contributed by atoms with E-state index in [1.165, 1.54) is 12.4 Å². The smallest absolute Gasteiger partial charge is 0.302 e. The van der Waals surface area contributed by atoms with Gasteiger partial charge in [0.2, 0.25) is 5.91 Å². The minimum absolute atomic E-state index is 0.0495. The number of carbonyl (C=O) groups is 2. The lowest BCUT2D eigenvalue weighted by molar-refractivity contribution is -0.127. The van der Waals surface area contributed by atoms with Gasteiger partial charge in [-0.15, -0.1) is 0 Å². The van der Waals surface area contributed by atoms with Crippen molar-refractivity contribution < 1.29 is 14.0 Å². The quantitative estimate of drug-likeness (QED) is 0.467. The van der Waals surface area contributed by atoms with Crippen molar-refractivity contribution in [3.63, 3.8) is 0 Å². The maximum Gasteiger partial charge on any atom is 0.302 e. The van der Waals surface area contributed by atoms with E-state index in [1.807, 2.05) is 12.1 Å². The minimum atomic E-state index is -0.527. The molecule has 2 amide bonds. The Hall–Kier alpha value is -4.28. The summed E-state index contributed by atoms with van der Waals surface area (Å²) in [5.74, 6) is -0.469. The molecule has 1 aromatic carbocycles. The van der Waals surface area contributed by atoms with E-state index in [2.05, 4.69) is 31.9 Å². The van der Waals surface area contributed by atoms with Crippen molar-refractivity contribution in [2.75, 3.05) is 24.1 Å². The molecule has 0 atom stereocenters. The predicted octanol–water partition coefficient (Wildman–Crippen LogP) is 2.15. The van der Waals surface area contributed by atoms with Gasteiger partial charge in [0.15, 0.2) is 16.9 Å². The van der Waals surface area contributed by atoms with Crippen LogP contribution in [0.15, 0.2) is 47.7 Å². The molecular weight excluding hydrogens is 412 g/mol. The highest BCUT2D eigenvalue weighted by Gasteiger charge is 2.29. The number of nitrogen functional groups attached to an aromatic ring is 1. The van der Waals surface area contributed by atoms with Crippen LogP contribution in [-0.2, 0) is 4.79 Å². The fraction of sp³-hybridized carbons (Fsp3) is 0.238. The number of nitrogens with zero attached hydrogens (tertiary/aromatic N) is 6. The number of likely N-dealkylation sites (tertiary alicyclic amines) is 1. The van der Waals surface area contributed by atoms with Crippen molar-refractivity contribution in [3.8, 4) is 0 Å². The number of benzene rings is 1. The first-order chi connectivity index (χ1) is 15.5. The summed E-state index contributed by atoms with van der Waals surface area (Å²) < 4.78 is 7.28. The normalized spacial score (nSPS) is 14.7. The van der Waals surface area contributed by atoms with Crippen LogP contribution in [0.5, 0.6) is 0 Å². The molecule has 0 radical (unpaired) electrons. The van der Waals surface area contributed by atoms with Crippen molar-refractivity contribution >= 4 is 45.8 Å². The third kappa shape index (κ3) is 3.33. The minimum Gasteiger partial charge on any atom is -0.423 e. The van der Waals surface area contributed by atoms with Crippen LogP contribution in [0.4, 0.5) is 11.8 Å². The van der Waals surface area contributed by atoms with Gasteiger partial charge in [-0.25, -0.2) is 14.6 Å². The lowest BCUT2D eigenvalue weighted by atomic mass is 10.1. The van der Waals surface area contributed by atoms with Crippen LogP contribution in [-0.4, -0.2) is 54.5 Å². The Labute approximate surface area is 181 Å². The average Bonchev–Trinajstić information content (AvgIpc) is 3.40. The van der Waals surface area contributed by atoms with Crippen molar-refractivity contribution in [1.29, 1.82) is 0 Å². The Balaban J connectivity index is 1.46. The molecule has 0 saturated carbocycles. The monoisotopic (exact) mass is 432 g/mol. The summed E-state index contributed by atoms with van der Waals surface area (Å²) >= 11 is 0. The third-order valence-corrected chi connectivity index (χ3v) is 5.54. The van der Waals surface area contributed by atoms with Crippen molar-refractivity contribution in [3.05, 3.63) is 48.9 Å². The number of anilines is 2. The van der Waals surface area contributed by atoms with Crippen LogP contribution < -0.4 is 11.1 Å². The number of amides is 2. The largest absolute Gasteiger partial charge is 0.423 e. The van der Waals surface area contributed by atoms with Crippen LogP contribution >= 0.6 is 0 Å². The number of rotatable bonds is 4. The molecule has 1 saturated heterocycles. The Morgan fingerprint density at radius 2 is 2.00 bits per heavy atom. The first-order valence-electron chi connectivity index (χ1n) is 10.1. The fourth-order valence-corrected chi connectivity index (χ4v) is 3.95. The van der Waals surface area contributed by atoms with Gasteiger partial charge in [-0.1, -0.05) is 18.7 Å². The van der Waals surface area contributed by atoms with Crippen molar-refractivity contribution in [2.45, 2.75) is 18.9 Å². The molecule has 0 bridgehead atoms. The van der Waals surface area contributed by atoms with Gasteiger partial charge in [0.05, 0.1) is 11.4 Å². The van der Waals surface area contributed by atoms with Gasteiger partial charge in [0.1, 0.15) is 17.7 Å². The number of para-hydroxylation sites is 2. The summed E-state index contributed by atoms with van der Waals surface area (Å²) in [5, 5.41) is 7.55. The summed E-state index contributed by atoms with van der Waals surface area (Å²) in [7, 11) is 0. The van der Waals surface area contributed by atoms with Gasteiger partial charge >= 0.3 is 6.01 Å². The molecule has 4 aromatic rings. The molecule has 0 spiro atoms. The molecule has 3 N–H and O–H groups in total. The molecule has 32 heavy (non-hydrogen) atoms. The molecule has 0 aliphatic carbocycles. The SMILES string of the molecule is C=CC(=O)N1CCC(n2nc(C(=O)Nc3nc4ccccc4o3)c3c(N)ncnc32)CC1. The maximum atomic E-state index is 13.1. The van der Waals surface area contributed by atoms with E-state index in [0.29, 0.717) is 48.1 Å². The molecule has 0 unspecified atom stereocenters. The van der Waals surface area contributed by atoms with E-state index in [-0.39, 0.29) is 29.5 Å². The van der Waals surface area contributed by atoms with Crippen LogP contribution in [0.25, 0.3) is 22.1 Å². The second-order valence-corrected chi connectivity index (χ2v) is 7.45. The maximum absolute atomic E-state index is 13.1. The molecule has 3 aromatic heterocycles. The first kappa shape index (κ1) is 19.7. The standard InChI is InChI=1S/C21H20N8O3/c1-2-15(30)28-9-7-12(8-10-28)29-19-16(18(22)23-11-24-19)17(27-29)20(31)26-21-25-13-5-3-4-6-14(13)32-21/h2-6,11-12H,1,7-10H2,(H2,22,23,24)(H,25,26,31). The number of fused-ring (bicyclic) bond motifs is 2. The predicted molar refractivity (Wildman–Crippen MR) is 117 cm³/mol. The van der Waals surface area contributed by atoms with Crippen LogP contribution in [0, 0.1) is 0 Å². The number of aromatic nitrogens is 5. The number of hydrogen-bond donors (Lipinski definition) is 2. The highest BCUT2D eigenvalue weighted by atomic mass is 16.4. The molecule has 4 heterocycles. The van der Waals surface area contributed by atoms with E-state index in [0.717, 1.165) is 0 Å². The number of hydrogen-bond acceptors (Lipinski definition) is 8. The molecule has 11 heteroatoms. The number of nitrogens with one attached hydrogen (secondary N) is 1. The Bertz CT molecular complexity index is 1320. The Morgan fingerprint density at radius 3 is 2.75 bits per heavy atom. The summed E-state index contributed by atoms with van der Waals surface area (Å²) in [6.45, 7) is 4.65. The molecule has 1 aliphatic rings. The highest BCUT2D eigenvalue weighted by molar-refractivity contribution is 6.12. The first-order valence-corrected chi connectivity index (χ1v) is 10.1. The summed E-state index contributed by atoms with van der Waals surface area (Å²) in [6, 6.07) is 7.21. The van der Waals surface area contributed by atoms with E-state index in [4.69, 9.17) is 10.2 Å². The number of carbonyl (C=O) groups excluding carboxylic acids is 2. The average molecular weight is 432 g/mol. The molecule has 162 valence electrons. The second kappa shape index (κ2) is 7.76. The van der Waals surface area contributed by atoms with Gasteiger partial charge in [0.25, 0.3) is 5.91 Å². The van der Waals surface area contributed by atoms with E-state index < -0.39 is 5.91 Å². The Morgan fingerprint density at radius 1 is 1.22 bits per heavy atom. The number of piperidine rings is 1. The fourth-order valence-electron chi connectivity index (χ4n) is 3.95. The molecule has 1 fully saturated rings. The lowest BCUT2D eigenvalue weighted by Crippen LogP contribution is -2.38. The van der Waals surface area contributed by atoms with Crippen molar-refractivity contribution in [2.24, 2.45) is 0 Å².